The fourth-order valence-corrected chi connectivity index (χ4v) is 14.1. The molecule has 2 saturated carbocycles. The third kappa shape index (κ3) is 8.34. The number of nitrogens with zero attached hydrogens (tertiary/aromatic N) is 5. The zero-order valence-electron chi connectivity index (χ0n) is 42.2. The van der Waals surface area contributed by atoms with Gasteiger partial charge in [-0.05, 0) is 108 Å². The van der Waals surface area contributed by atoms with E-state index in [1.54, 1.807) is 12.1 Å². The smallest absolute Gasteiger partial charge is 0.325 e. The molecule has 17 heteroatoms. The lowest BCUT2D eigenvalue weighted by molar-refractivity contribution is -0.204. The summed E-state index contributed by atoms with van der Waals surface area (Å²) < 4.78 is 39.5. The quantitative estimate of drug-likeness (QED) is 0.164. The summed E-state index contributed by atoms with van der Waals surface area (Å²) in [6.45, 7) is 17.2. The zero-order chi connectivity index (χ0) is 49.2. The number of aromatic nitrogens is 3. The van der Waals surface area contributed by atoms with Crippen molar-refractivity contribution in [2.75, 3.05) is 53.2 Å². The number of methoxy groups -OCH3 is 1. The highest BCUT2D eigenvalue weighted by Gasteiger charge is 2.63. The summed E-state index contributed by atoms with van der Waals surface area (Å²) in [6, 6.07) is 8.23. The molecular weight excluding hydrogens is 923 g/mol. The molecule has 11 heterocycles. The molecule has 2 N–H and O–H groups in total. The number of nitrogens with one attached hydrogen (secondary N) is 2. The molecule has 0 radical (unpaired) electrons. The van der Waals surface area contributed by atoms with Crippen LogP contribution in [0.2, 0.25) is 0 Å². The SMILES string of the molecule is CO[C@@H](C)c1ncccc1-c1c2c3cc(ccc3n1CCO[C@H]1CCOC(C)(C)C1)-c1csc(n1)[C@@H](N1CC3(COC3)C1)[C@H](NC(=O)C13CC(C1)[C@@H](C)O3)C(=O)N1N[C@H](C(=O)OCC(C)(C)C2)C2CC1C2. The summed E-state index contributed by atoms with van der Waals surface area (Å²) in [7, 11) is 1.71. The number of carbonyl (C=O) groups excluding carboxylic acids is 3. The Kier molecular flexibility index (Phi) is 11.9. The zero-order valence-corrected chi connectivity index (χ0v) is 43.0. The van der Waals surface area contributed by atoms with Crippen LogP contribution in [-0.4, -0.2) is 137 Å². The number of benzene rings is 1. The molecule has 380 valence electrons. The summed E-state index contributed by atoms with van der Waals surface area (Å²) >= 11 is 1.52. The number of ether oxygens (including phenoxy) is 6. The second kappa shape index (κ2) is 17.7. The molecule has 6 atom stereocenters. The van der Waals surface area contributed by atoms with E-state index in [1.807, 2.05) is 26.1 Å². The van der Waals surface area contributed by atoms with Crippen LogP contribution in [0.5, 0.6) is 0 Å². The number of thiazole rings is 1. The first-order valence-electron chi connectivity index (χ1n) is 25.9. The van der Waals surface area contributed by atoms with Gasteiger partial charge in [0, 0.05) is 90.3 Å². The maximum Gasteiger partial charge on any atom is 0.325 e. The molecule has 3 aromatic heterocycles. The predicted octanol–water partition coefficient (Wildman–Crippen LogP) is 6.55. The van der Waals surface area contributed by atoms with Crippen molar-refractivity contribution in [3.8, 4) is 22.5 Å². The normalized spacial score (nSPS) is 33.0. The van der Waals surface area contributed by atoms with Crippen LogP contribution in [0.25, 0.3) is 33.4 Å². The Labute approximate surface area is 419 Å². The fraction of sp³-hybridized carbons (Fsp3) is 0.648. The summed E-state index contributed by atoms with van der Waals surface area (Å²) in [4.78, 5) is 57.2. The van der Waals surface area contributed by atoms with E-state index < -0.39 is 29.1 Å². The number of rotatable bonds is 10. The van der Waals surface area contributed by atoms with Gasteiger partial charge in [0.05, 0.1) is 73.5 Å². The first-order chi connectivity index (χ1) is 34.0. The Hall–Kier alpha value is -4.33. The van der Waals surface area contributed by atoms with Gasteiger partial charge in [-0.25, -0.2) is 10.4 Å². The van der Waals surface area contributed by atoms with Crippen LogP contribution in [0.3, 0.4) is 0 Å². The van der Waals surface area contributed by atoms with Crippen molar-refractivity contribution in [3.63, 3.8) is 0 Å². The summed E-state index contributed by atoms with van der Waals surface area (Å²) in [6.07, 6.45) is 6.42. The van der Waals surface area contributed by atoms with Crippen LogP contribution in [0.15, 0.2) is 41.9 Å². The van der Waals surface area contributed by atoms with E-state index in [9.17, 15) is 9.59 Å². The van der Waals surface area contributed by atoms with Gasteiger partial charge >= 0.3 is 5.97 Å². The molecule has 4 aromatic rings. The number of carbonyl (C=O) groups is 3. The number of hydrazine groups is 1. The molecule has 10 aliphatic rings. The van der Waals surface area contributed by atoms with Crippen LogP contribution < -0.4 is 10.7 Å². The van der Waals surface area contributed by atoms with E-state index in [4.69, 9.17) is 38.4 Å². The van der Waals surface area contributed by atoms with Gasteiger partial charge in [-0.1, -0.05) is 19.9 Å². The molecule has 16 nitrogen and oxygen atoms in total. The molecule has 7 saturated heterocycles. The standard InChI is InChI=1S/C54H69N7O9S/c1-30-34-20-54(21-34,70-30)50(64)57-44-46(59-25-53(26-59)28-66-29-53)47-56-40(24-71-47)32-10-11-41-38(19-32)39(23-51(3,4)27-68-49(63)43-33-17-35(18-33)61(58-43)48(44)62)45(37-9-8-13-55-42(37)31(2)65-7)60(41)14-16-67-36-12-15-69-52(5,6)22-36/h8-11,13,19,24,30-31,33-36,43-44,46,58H,12,14-18,20-23,25-29H2,1-7H3,(H,57,64)/t30-,31+,33?,34?,35?,36+,43+,44+,46+,54?/m1/s1. The van der Waals surface area contributed by atoms with Crippen LogP contribution in [0.1, 0.15) is 108 Å². The summed E-state index contributed by atoms with van der Waals surface area (Å²) in [5, 5.41) is 8.83. The highest BCUT2D eigenvalue weighted by Crippen LogP contribution is 2.53. The van der Waals surface area contributed by atoms with Gasteiger partial charge in [0.15, 0.2) is 0 Å². The van der Waals surface area contributed by atoms with E-state index in [0.29, 0.717) is 84.1 Å². The van der Waals surface area contributed by atoms with Crippen molar-refractivity contribution in [2.24, 2.45) is 22.7 Å². The van der Waals surface area contributed by atoms with E-state index in [0.717, 1.165) is 62.5 Å². The molecule has 10 bridgehead atoms. The lowest BCUT2D eigenvalue weighted by Crippen LogP contribution is -2.74. The van der Waals surface area contributed by atoms with Gasteiger partial charge in [-0.15, -0.1) is 11.3 Å². The van der Waals surface area contributed by atoms with Crippen molar-refractivity contribution in [1.29, 1.82) is 0 Å². The minimum absolute atomic E-state index is 0.00865. The van der Waals surface area contributed by atoms with Crippen LogP contribution in [-0.2, 0) is 55.8 Å². The number of fused-ring (bicyclic) bond motifs is 5. The number of hydrogen-bond donors (Lipinski definition) is 2. The average Bonchev–Trinajstić information content (AvgIpc) is 4.07. The van der Waals surface area contributed by atoms with Gasteiger partial charge < -0.3 is 38.3 Å². The number of cyclic esters (lactones) is 1. The second-order valence-electron chi connectivity index (χ2n) is 23.6. The average molecular weight is 992 g/mol. The monoisotopic (exact) mass is 991 g/mol. The third-order valence-electron chi connectivity index (χ3n) is 17.2. The highest BCUT2D eigenvalue weighted by molar-refractivity contribution is 7.10. The second-order valence-corrected chi connectivity index (χ2v) is 24.5. The molecule has 2 amide bonds. The van der Waals surface area contributed by atoms with Crippen molar-refractivity contribution < 1.29 is 42.8 Å². The van der Waals surface area contributed by atoms with Gasteiger partial charge in [-0.3, -0.25) is 29.3 Å². The molecule has 14 rings (SSSR count). The van der Waals surface area contributed by atoms with Crippen LogP contribution in [0, 0.1) is 22.7 Å². The van der Waals surface area contributed by atoms with Gasteiger partial charge in [0.1, 0.15) is 22.7 Å². The lowest BCUT2D eigenvalue weighted by atomic mass is 9.71. The number of amides is 2. The predicted molar refractivity (Wildman–Crippen MR) is 265 cm³/mol. The molecule has 1 aromatic carbocycles. The minimum Gasteiger partial charge on any atom is -0.464 e. The van der Waals surface area contributed by atoms with Crippen molar-refractivity contribution in [3.05, 3.63) is 58.2 Å². The van der Waals surface area contributed by atoms with E-state index in [2.05, 4.69) is 77.6 Å². The van der Waals surface area contributed by atoms with Crippen LogP contribution in [0.4, 0.5) is 0 Å². The van der Waals surface area contributed by atoms with E-state index in [1.165, 1.54) is 11.3 Å². The number of likely N-dealkylation sites (tertiary alicyclic amines) is 1. The molecule has 8 aliphatic heterocycles. The van der Waals surface area contributed by atoms with Gasteiger partial charge in [-0.2, -0.15) is 0 Å². The van der Waals surface area contributed by atoms with Gasteiger partial charge in [0.2, 0.25) is 0 Å². The van der Waals surface area contributed by atoms with Gasteiger partial charge in [0.25, 0.3) is 11.8 Å². The number of esters is 1. The fourth-order valence-electron chi connectivity index (χ4n) is 13.1. The van der Waals surface area contributed by atoms with Crippen LogP contribution >= 0.6 is 11.3 Å². The van der Waals surface area contributed by atoms with E-state index >= 15 is 4.79 Å². The lowest BCUT2D eigenvalue weighted by Gasteiger charge is -2.58. The first-order valence-corrected chi connectivity index (χ1v) is 26.8. The summed E-state index contributed by atoms with van der Waals surface area (Å²) in [5.74, 6) is -0.585. The maximum atomic E-state index is 15.5. The number of hydrogen-bond acceptors (Lipinski definition) is 14. The van der Waals surface area contributed by atoms with Crippen molar-refractivity contribution in [2.45, 2.75) is 147 Å². The molecule has 71 heavy (non-hydrogen) atoms. The van der Waals surface area contributed by atoms with Crippen molar-refractivity contribution >= 4 is 40.0 Å². The first kappa shape index (κ1) is 47.7. The summed E-state index contributed by atoms with van der Waals surface area (Å²) in [5.41, 5.74) is 8.33. The molecular formula is C54H69N7O9S. The Bertz CT molecular complexity index is 2730. The Morgan fingerprint density at radius 2 is 1.86 bits per heavy atom. The Morgan fingerprint density at radius 1 is 1.06 bits per heavy atom. The molecule has 9 fully saturated rings. The maximum absolute atomic E-state index is 15.5. The molecule has 1 spiro atoms. The molecule has 2 aliphatic carbocycles. The molecule has 0 unspecified atom stereocenters. The topological polar surface area (TPSA) is 168 Å². The number of pyridine rings is 1. The van der Waals surface area contributed by atoms with E-state index in [-0.39, 0.29) is 65.7 Å². The minimum atomic E-state index is -1.02. The Morgan fingerprint density at radius 3 is 2.58 bits per heavy atom. The Balaban J connectivity index is 0.991. The third-order valence-corrected chi connectivity index (χ3v) is 18.2. The largest absolute Gasteiger partial charge is 0.464 e. The van der Waals surface area contributed by atoms with Crippen molar-refractivity contribution in [1.82, 2.24) is 35.2 Å². The highest BCUT2D eigenvalue weighted by atomic mass is 32.1.